The number of rotatable bonds is 6. The zero-order valence-corrected chi connectivity index (χ0v) is 17.0. The summed E-state index contributed by atoms with van der Waals surface area (Å²) in [6.07, 6.45) is 3.73. The third kappa shape index (κ3) is 4.86. The van der Waals surface area contributed by atoms with E-state index in [1.807, 2.05) is 11.1 Å². The Balaban J connectivity index is 1.70. The van der Waals surface area contributed by atoms with Gasteiger partial charge < -0.3 is 10.6 Å². The Hall–Kier alpha value is -2.05. The van der Waals surface area contributed by atoms with Crippen molar-refractivity contribution >= 4 is 17.5 Å². The number of hydrogen-bond donors (Lipinski definition) is 1. The predicted octanol–water partition coefficient (Wildman–Crippen LogP) is 3.48. The Morgan fingerprint density at radius 2 is 2.18 bits per heavy atom. The molecule has 1 aliphatic rings. The van der Waals surface area contributed by atoms with Crippen molar-refractivity contribution < 1.29 is 9.18 Å². The van der Waals surface area contributed by atoms with Crippen LogP contribution in [0.2, 0.25) is 5.02 Å². The van der Waals surface area contributed by atoms with Crippen molar-refractivity contribution in [2.24, 2.45) is 11.7 Å². The SMILES string of the molecule is CC(C)Cc1ncc2c(n1)CN(C(=O)CC(CN)c1ccc(F)c(Cl)c1)CC2. The van der Waals surface area contributed by atoms with E-state index >= 15 is 0 Å². The third-order valence-electron chi connectivity index (χ3n) is 5.06. The molecule has 1 aromatic carbocycles. The molecule has 0 saturated carbocycles. The van der Waals surface area contributed by atoms with E-state index in [1.165, 1.54) is 6.07 Å². The van der Waals surface area contributed by atoms with Crippen molar-refractivity contribution in [2.75, 3.05) is 13.1 Å². The number of hydrogen-bond acceptors (Lipinski definition) is 4. The van der Waals surface area contributed by atoms with E-state index < -0.39 is 5.82 Å². The maximum absolute atomic E-state index is 13.4. The molecule has 150 valence electrons. The highest BCUT2D eigenvalue weighted by Gasteiger charge is 2.25. The first-order chi connectivity index (χ1) is 13.4. The molecule has 1 amide bonds. The molecule has 0 bridgehead atoms. The lowest BCUT2D eigenvalue weighted by Crippen LogP contribution is -2.38. The van der Waals surface area contributed by atoms with Crippen molar-refractivity contribution in [3.63, 3.8) is 0 Å². The summed E-state index contributed by atoms with van der Waals surface area (Å²) in [5, 5.41) is 0.0460. The minimum Gasteiger partial charge on any atom is -0.336 e. The van der Waals surface area contributed by atoms with Gasteiger partial charge in [0, 0.05) is 31.5 Å². The molecular formula is C21H26ClFN4O. The number of benzene rings is 1. The monoisotopic (exact) mass is 404 g/mol. The van der Waals surface area contributed by atoms with Gasteiger partial charge in [0.15, 0.2) is 0 Å². The number of aromatic nitrogens is 2. The van der Waals surface area contributed by atoms with Gasteiger partial charge in [-0.15, -0.1) is 0 Å². The Labute approximate surface area is 170 Å². The molecule has 1 atom stereocenters. The molecule has 28 heavy (non-hydrogen) atoms. The van der Waals surface area contributed by atoms with Crippen molar-refractivity contribution in [3.8, 4) is 0 Å². The average Bonchev–Trinajstić information content (AvgIpc) is 2.67. The molecule has 3 rings (SSSR count). The fourth-order valence-electron chi connectivity index (χ4n) is 3.46. The second kappa shape index (κ2) is 8.97. The standard InChI is InChI=1S/C21H26ClFN4O/c1-13(2)7-20-25-11-15-5-6-27(12-19(15)26-20)21(28)9-16(10-24)14-3-4-18(23)17(22)8-14/h3-4,8,11,13,16H,5-7,9-10,12,24H2,1-2H3. The molecule has 1 unspecified atom stereocenters. The highest BCUT2D eigenvalue weighted by atomic mass is 35.5. The maximum Gasteiger partial charge on any atom is 0.223 e. The predicted molar refractivity (Wildman–Crippen MR) is 108 cm³/mol. The first kappa shape index (κ1) is 20.7. The van der Waals surface area contributed by atoms with Gasteiger partial charge in [-0.1, -0.05) is 31.5 Å². The highest BCUT2D eigenvalue weighted by Crippen LogP contribution is 2.26. The van der Waals surface area contributed by atoms with Gasteiger partial charge in [-0.3, -0.25) is 4.79 Å². The molecule has 0 spiro atoms. The van der Waals surface area contributed by atoms with E-state index in [-0.39, 0.29) is 23.3 Å². The van der Waals surface area contributed by atoms with Crippen molar-refractivity contribution in [3.05, 3.63) is 57.9 Å². The van der Waals surface area contributed by atoms with Gasteiger partial charge in [0.05, 0.1) is 17.3 Å². The molecule has 5 nitrogen and oxygen atoms in total. The van der Waals surface area contributed by atoms with Crippen LogP contribution in [-0.4, -0.2) is 33.9 Å². The minimum absolute atomic E-state index is 0.0190. The van der Waals surface area contributed by atoms with E-state index in [9.17, 15) is 9.18 Å². The summed E-state index contributed by atoms with van der Waals surface area (Å²) in [6, 6.07) is 4.51. The number of amides is 1. The minimum atomic E-state index is -0.475. The summed E-state index contributed by atoms with van der Waals surface area (Å²) in [5.74, 6) is 0.646. The zero-order chi connectivity index (χ0) is 20.3. The van der Waals surface area contributed by atoms with Crippen LogP contribution in [0.1, 0.15) is 48.8 Å². The Kier molecular flexibility index (Phi) is 6.62. The number of halogens is 2. The van der Waals surface area contributed by atoms with Crippen LogP contribution in [0.25, 0.3) is 0 Å². The van der Waals surface area contributed by atoms with Crippen LogP contribution in [0.3, 0.4) is 0 Å². The molecule has 0 radical (unpaired) electrons. The number of nitrogens with two attached hydrogens (primary N) is 1. The summed E-state index contributed by atoms with van der Waals surface area (Å²) in [4.78, 5) is 23.8. The van der Waals surface area contributed by atoms with E-state index in [0.29, 0.717) is 25.6 Å². The number of carbonyl (C=O) groups excluding carboxylic acids is 1. The molecule has 2 aromatic rings. The van der Waals surface area contributed by atoms with Crippen LogP contribution >= 0.6 is 11.6 Å². The van der Waals surface area contributed by atoms with Crippen LogP contribution in [0.5, 0.6) is 0 Å². The summed E-state index contributed by atoms with van der Waals surface area (Å²) in [6.45, 7) is 5.68. The van der Waals surface area contributed by atoms with Crippen LogP contribution in [0.15, 0.2) is 24.4 Å². The summed E-state index contributed by atoms with van der Waals surface area (Å²) >= 11 is 5.88. The molecule has 1 aromatic heterocycles. The molecule has 0 fully saturated rings. The average molecular weight is 405 g/mol. The van der Waals surface area contributed by atoms with Crippen LogP contribution < -0.4 is 5.73 Å². The molecule has 2 heterocycles. The molecule has 7 heteroatoms. The van der Waals surface area contributed by atoms with E-state index in [0.717, 1.165) is 35.5 Å². The maximum atomic E-state index is 13.4. The van der Waals surface area contributed by atoms with Gasteiger partial charge in [0.25, 0.3) is 0 Å². The number of nitrogens with zero attached hydrogens (tertiary/aromatic N) is 3. The Morgan fingerprint density at radius 1 is 1.39 bits per heavy atom. The smallest absolute Gasteiger partial charge is 0.223 e. The van der Waals surface area contributed by atoms with Crippen LogP contribution in [-0.2, 0) is 24.2 Å². The van der Waals surface area contributed by atoms with Crippen LogP contribution in [0, 0.1) is 11.7 Å². The molecule has 0 aliphatic carbocycles. The first-order valence-electron chi connectivity index (χ1n) is 9.63. The van der Waals surface area contributed by atoms with Gasteiger partial charge in [-0.05, 0) is 42.1 Å². The second-order valence-corrected chi connectivity index (χ2v) is 8.14. The Bertz CT molecular complexity index is 858. The Morgan fingerprint density at radius 3 is 2.86 bits per heavy atom. The fraction of sp³-hybridized carbons (Fsp3) is 0.476. The topological polar surface area (TPSA) is 72.1 Å². The largest absolute Gasteiger partial charge is 0.336 e. The van der Waals surface area contributed by atoms with Gasteiger partial charge in [-0.2, -0.15) is 0 Å². The van der Waals surface area contributed by atoms with E-state index in [2.05, 4.69) is 23.8 Å². The van der Waals surface area contributed by atoms with Crippen molar-refractivity contribution in [1.29, 1.82) is 0 Å². The summed E-state index contributed by atoms with van der Waals surface area (Å²) in [7, 11) is 0. The lowest BCUT2D eigenvalue weighted by Gasteiger charge is -2.29. The molecule has 2 N–H and O–H groups in total. The number of carbonyl (C=O) groups is 1. The molecule has 0 saturated heterocycles. The van der Waals surface area contributed by atoms with Gasteiger partial charge in [0.2, 0.25) is 5.91 Å². The van der Waals surface area contributed by atoms with Crippen molar-refractivity contribution in [1.82, 2.24) is 14.9 Å². The summed E-state index contributed by atoms with van der Waals surface area (Å²) < 4.78 is 13.4. The van der Waals surface area contributed by atoms with Crippen molar-refractivity contribution in [2.45, 2.75) is 45.6 Å². The lowest BCUT2D eigenvalue weighted by molar-refractivity contribution is -0.132. The quantitative estimate of drug-likeness (QED) is 0.799. The normalized spacial score (nSPS) is 14.9. The van der Waals surface area contributed by atoms with Gasteiger partial charge in [-0.25, -0.2) is 14.4 Å². The van der Waals surface area contributed by atoms with Gasteiger partial charge >= 0.3 is 0 Å². The number of fused-ring (bicyclic) bond motifs is 1. The van der Waals surface area contributed by atoms with E-state index in [1.54, 1.807) is 12.1 Å². The highest BCUT2D eigenvalue weighted by molar-refractivity contribution is 6.30. The van der Waals surface area contributed by atoms with Crippen LogP contribution in [0.4, 0.5) is 4.39 Å². The fourth-order valence-corrected chi connectivity index (χ4v) is 3.65. The molecule has 1 aliphatic heterocycles. The van der Waals surface area contributed by atoms with Gasteiger partial charge in [0.1, 0.15) is 11.6 Å². The zero-order valence-electron chi connectivity index (χ0n) is 16.3. The second-order valence-electron chi connectivity index (χ2n) is 7.73. The third-order valence-corrected chi connectivity index (χ3v) is 5.35. The lowest BCUT2D eigenvalue weighted by atomic mass is 9.94. The first-order valence-corrected chi connectivity index (χ1v) is 10.0. The van der Waals surface area contributed by atoms with E-state index in [4.69, 9.17) is 17.3 Å². The molecular weight excluding hydrogens is 379 g/mol. The summed E-state index contributed by atoms with van der Waals surface area (Å²) in [5.41, 5.74) is 8.70.